The van der Waals surface area contributed by atoms with Crippen molar-refractivity contribution in [2.45, 2.75) is 0 Å². The highest BCUT2D eigenvalue weighted by Crippen LogP contribution is 2.21. The van der Waals surface area contributed by atoms with Gasteiger partial charge in [-0.05, 0) is 30.3 Å². The molecular weight excluding hydrogens is 358 g/mol. The molecule has 1 aromatic carbocycles. The summed E-state index contributed by atoms with van der Waals surface area (Å²) in [6.07, 6.45) is 5.09. The largest absolute Gasteiger partial charge is 0.481 e. The lowest BCUT2D eigenvalue weighted by molar-refractivity contribution is -0.120. The van der Waals surface area contributed by atoms with Crippen LogP contribution in [0.5, 0.6) is 5.88 Å². The highest BCUT2D eigenvalue weighted by atomic mass is 16.5. The van der Waals surface area contributed by atoms with E-state index in [4.69, 9.17) is 4.74 Å². The number of hydrogen-bond donors (Lipinski definition) is 0. The van der Waals surface area contributed by atoms with Gasteiger partial charge in [0.1, 0.15) is 6.54 Å². The molecule has 0 aliphatic carbocycles. The molecule has 0 saturated carbocycles. The third-order valence-corrected chi connectivity index (χ3v) is 4.61. The average Bonchev–Trinajstić information content (AvgIpc) is 3.28. The fraction of sp³-hybridized carbons (Fsp3) is 0.200. The smallest absolute Gasteiger partial charge is 0.254 e. The first-order valence-electron chi connectivity index (χ1n) is 8.85. The van der Waals surface area contributed by atoms with Crippen molar-refractivity contribution in [2.75, 3.05) is 31.6 Å². The van der Waals surface area contributed by atoms with Crippen LogP contribution in [0.1, 0.15) is 10.4 Å². The molecule has 0 radical (unpaired) electrons. The Balaban J connectivity index is 1.49. The zero-order valence-electron chi connectivity index (χ0n) is 15.4. The van der Waals surface area contributed by atoms with Crippen LogP contribution in [0.15, 0.2) is 61.1 Å². The molecule has 4 rings (SSSR count). The summed E-state index contributed by atoms with van der Waals surface area (Å²) in [7, 11) is 1.53. The lowest BCUT2D eigenvalue weighted by Crippen LogP contribution is -2.52. The van der Waals surface area contributed by atoms with Crippen molar-refractivity contribution < 1.29 is 14.3 Å². The predicted octanol–water partition coefficient (Wildman–Crippen LogP) is 1.76. The number of anilines is 1. The van der Waals surface area contributed by atoms with E-state index in [0.29, 0.717) is 30.2 Å². The summed E-state index contributed by atoms with van der Waals surface area (Å²) in [5, 5.41) is 4.18. The number of nitrogens with zero attached hydrogens (tertiary/aromatic N) is 5. The number of carbonyl (C=O) groups excluding carboxylic acids is 2. The fourth-order valence-electron chi connectivity index (χ4n) is 3.18. The number of carbonyl (C=O) groups is 2. The van der Waals surface area contributed by atoms with Gasteiger partial charge < -0.3 is 14.5 Å². The van der Waals surface area contributed by atoms with Crippen molar-refractivity contribution in [3.63, 3.8) is 0 Å². The molecule has 8 nitrogen and oxygen atoms in total. The zero-order chi connectivity index (χ0) is 19.5. The number of hydrogen-bond acceptors (Lipinski definition) is 5. The van der Waals surface area contributed by atoms with E-state index < -0.39 is 0 Å². The normalized spacial score (nSPS) is 14.2. The van der Waals surface area contributed by atoms with Crippen LogP contribution in [0.25, 0.3) is 5.69 Å². The standard InChI is InChI=1S/C20H19N5O3/c1-28-18-13-16(6-8-21-18)24-11-10-23(14-19(24)26)20(27)15-4-2-5-17(12-15)25-9-3-7-22-25/h2-9,12-13H,10-11,14H2,1H3. The molecule has 0 bridgehead atoms. The third-order valence-electron chi connectivity index (χ3n) is 4.61. The average molecular weight is 377 g/mol. The van der Waals surface area contributed by atoms with Crippen LogP contribution in [-0.2, 0) is 4.79 Å². The van der Waals surface area contributed by atoms with Crippen LogP contribution in [0, 0.1) is 0 Å². The van der Waals surface area contributed by atoms with Gasteiger partial charge in [-0.15, -0.1) is 0 Å². The predicted molar refractivity (Wildman–Crippen MR) is 103 cm³/mol. The minimum absolute atomic E-state index is 0.0233. The van der Waals surface area contributed by atoms with Crippen molar-refractivity contribution >= 4 is 17.5 Å². The van der Waals surface area contributed by atoms with Crippen molar-refractivity contribution in [3.8, 4) is 11.6 Å². The van der Waals surface area contributed by atoms with Gasteiger partial charge in [-0.3, -0.25) is 9.59 Å². The van der Waals surface area contributed by atoms with E-state index in [9.17, 15) is 9.59 Å². The maximum atomic E-state index is 12.9. The maximum absolute atomic E-state index is 12.9. The van der Waals surface area contributed by atoms with Gasteiger partial charge in [-0.25, -0.2) is 9.67 Å². The zero-order valence-corrected chi connectivity index (χ0v) is 15.4. The molecular formula is C20H19N5O3. The van der Waals surface area contributed by atoms with Gasteiger partial charge in [0.05, 0.1) is 18.5 Å². The second-order valence-corrected chi connectivity index (χ2v) is 6.33. The Morgan fingerprint density at radius 2 is 1.96 bits per heavy atom. The molecule has 1 aliphatic heterocycles. The second-order valence-electron chi connectivity index (χ2n) is 6.33. The Hall–Kier alpha value is -3.68. The van der Waals surface area contributed by atoms with Crippen molar-refractivity contribution in [2.24, 2.45) is 0 Å². The molecule has 3 aromatic rings. The summed E-state index contributed by atoms with van der Waals surface area (Å²) in [5.74, 6) is 0.129. The molecule has 0 unspecified atom stereocenters. The maximum Gasteiger partial charge on any atom is 0.254 e. The molecule has 2 aromatic heterocycles. The molecule has 2 amide bonds. The summed E-state index contributed by atoms with van der Waals surface area (Å²) < 4.78 is 6.81. The van der Waals surface area contributed by atoms with Gasteiger partial charge in [0.25, 0.3) is 5.91 Å². The number of rotatable bonds is 4. The summed E-state index contributed by atoms with van der Waals surface area (Å²) in [4.78, 5) is 32.8. The van der Waals surface area contributed by atoms with Gasteiger partial charge >= 0.3 is 0 Å². The summed E-state index contributed by atoms with van der Waals surface area (Å²) in [5.41, 5.74) is 2.04. The van der Waals surface area contributed by atoms with E-state index in [1.165, 1.54) is 7.11 Å². The minimum atomic E-state index is -0.172. The Bertz CT molecular complexity index is 1000. The first-order valence-corrected chi connectivity index (χ1v) is 8.85. The number of benzene rings is 1. The topological polar surface area (TPSA) is 80.6 Å². The van der Waals surface area contributed by atoms with Gasteiger partial charge in [0.2, 0.25) is 11.8 Å². The lowest BCUT2D eigenvalue weighted by Gasteiger charge is -2.34. The van der Waals surface area contributed by atoms with Crippen LogP contribution in [0.3, 0.4) is 0 Å². The fourth-order valence-corrected chi connectivity index (χ4v) is 3.18. The second kappa shape index (κ2) is 7.51. The molecule has 1 saturated heterocycles. The first-order chi connectivity index (χ1) is 13.7. The molecule has 28 heavy (non-hydrogen) atoms. The molecule has 0 N–H and O–H groups in total. The van der Waals surface area contributed by atoms with E-state index in [-0.39, 0.29) is 18.4 Å². The van der Waals surface area contributed by atoms with Gasteiger partial charge in [-0.2, -0.15) is 5.10 Å². The Kier molecular flexibility index (Phi) is 4.76. The van der Waals surface area contributed by atoms with E-state index in [1.54, 1.807) is 51.1 Å². The summed E-state index contributed by atoms with van der Waals surface area (Å²) in [6, 6.07) is 12.5. The molecule has 0 atom stereocenters. The number of piperazine rings is 1. The molecule has 142 valence electrons. The highest BCUT2D eigenvalue weighted by Gasteiger charge is 2.29. The van der Waals surface area contributed by atoms with Crippen LogP contribution in [0.4, 0.5) is 5.69 Å². The van der Waals surface area contributed by atoms with Crippen molar-refractivity contribution in [3.05, 3.63) is 66.6 Å². The van der Waals surface area contributed by atoms with Gasteiger partial charge in [0, 0.05) is 43.3 Å². The minimum Gasteiger partial charge on any atom is -0.481 e. The van der Waals surface area contributed by atoms with Crippen molar-refractivity contribution in [1.82, 2.24) is 19.7 Å². The summed E-state index contributed by atoms with van der Waals surface area (Å²) >= 11 is 0. The number of amides is 2. The Morgan fingerprint density at radius 1 is 1.07 bits per heavy atom. The molecule has 1 fully saturated rings. The summed E-state index contributed by atoms with van der Waals surface area (Å²) in [6.45, 7) is 0.882. The lowest BCUT2D eigenvalue weighted by atomic mass is 10.1. The van der Waals surface area contributed by atoms with Crippen LogP contribution in [0.2, 0.25) is 0 Å². The first kappa shape index (κ1) is 17.7. The van der Waals surface area contributed by atoms with Crippen LogP contribution in [-0.4, -0.2) is 58.2 Å². The Morgan fingerprint density at radius 3 is 2.71 bits per heavy atom. The van der Waals surface area contributed by atoms with E-state index in [1.807, 2.05) is 24.4 Å². The number of aromatic nitrogens is 3. The number of methoxy groups -OCH3 is 1. The SMILES string of the molecule is COc1cc(N2CCN(C(=O)c3cccc(-n4cccn4)c3)CC2=O)ccn1. The quantitative estimate of drug-likeness (QED) is 0.692. The highest BCUT2D eigenvalue weighted by molar-refractivity contribution is 6.01. The Labute approximate surface area is 162 Å². The third kappa shape index (κ3) is 3.44. The van der Waals surface area contributed by atoms with E-state index >= 15 is 0 Å². The van der Waals surface area contributed by atoms with E-state index in [2.05, 4.69) is 10.1 Å². The monoisotopic (exact) mass is 377 g/mol. The van der Waals surface area contributed by atoms with Crippen molar-refractivity contribution in [1.29, 1.82) is 0 Å². The molecule has 1 aliphatic rings. The number of ether oxygens (including phenoxy) is 1. The number of pyridine rings is 1. The molecule has 0 spiro atoms. The van der Waals surface area contributed by atoms with Gasteiger partial charge in [0.15, 0.2) is 0 Å². The molecule has 3 heterocycles. The van der Waals surface area contributed by atoms with Gasteiger partial charge in [-0.1, -0.05) is 6.07 Å². The van der Waals surface area contributed by atoms with E-state index in [0.717, 1.165) is 5.69 Å². The van der Waals surface area contributed by atoms with Crippen LogP contribution >= 0.6 is 0 Å². The molecule has 8 heteroatoms. The van der Waals surface area contributed by atoms with Crippen LogP contribution < -0.4 is 9.64 Å².